The number of rotatable bonds is 4. The van der Waals surface area contributed by atoms with Gasteiger partial charge in [-0.2, -0.15) is 0 Å². The maximum absolute atomic E-state index is 13.4. The monoisotopic (exact) mass is 269 g/mol. The van der Waals surface area contributed by atoms with Gasteiger partial charge in [-0.25, -0.2) is 0 Å². The second-order valence-electron chi connectivity index (χ2n) is 7.57. The van der Waals surface area contributed by atoms with Gasteiger partial charge in [0.1, 0.15) is 0 Å². The standard InChI is InChI=1S/C17H16FNO/c18-6-16-11-9-12-10(11)14(16)17(12,13(9)16)7-19-15(20)8-4-2-1-3-5-8/h1-5,9-14H,6-7H2,(H,19,20). The van der Waals surface area contributed by atoms with Crippen LogP contribution in [-0.2, 0) is 0 Å². The van der Waals surface area contributed by atoms with Crippen molar-refractivity contribution >= 4 is 5.91 Å². The van der Waals surface area contributed by atoms with Gasteiger partial charge in [-0.3, -0.25) is 9.18 Å². The van der Waals surface area contributed by atoms with Crippen LogP contribution in [0.15, 0.2) is 30.3 Å². The van der Waals surface area contributed by atoms with Gasteiger partial charge < -0.3 is 5.32 Å². The quantitative estimate of drug-likeness (QED) is 0.891. The van der Waals surface area contributed by atoms with Crippen molar-refractivity contribution in [2.24, 2.45) is 46.3 Å². The van der Waals surface area contributed by atoms with Gasteiger partial charge in [-0.15, -0.1) is 0 Å². The molecule has 1 aromatic rings. The van der Waals surface area contributed by atoms with Gasteiger partial charge >= 0.3 is 0 Å². The molecule has 0 radical (unpaired) electrons. The second kappa shape index (κ2) is 2.68. The number of amides is 1. The van der Waals surface area contributed by atoms with Crippen LogP contribution in [0.25, 0.3) is 0 Å². The Morgan fingerprint density at radius 3 is 2.40 bits per heavy atom. The molecule has 1 N–H and O–H groups in total. The molecular weight excluding hydrogens is 253 g/mol. The van der Waals surface area contributed by atoms with Crippen LogP contribution in [0.4, 0.5) is 4.39 Å². The first-order chi connectivity index (χ1) is 9.78. The Kier molecular flexibility index (Phi) is 1.39. The van der Waals surface area contributed by atoms with Crippen LogP contribution < -0.4 is 5.32 Å². The molecule has 1 amide bonds. The molecule has 0 spiro atoms. The molecule has 2 nitrogen and oxygen atoms in total. The number of alkyl halides is 1. The van der Waals surface area contributed by atoms with Gasteiger partial charge in [0.15, 0.2) is 0 Å². The highest BCUT2D eigenvalue weighted by molar-refractivity contribution is 5.94. The van der Waals surface area contributed by atoms with Gasteiger partial charge in [-0.05, 0) is 53.1 Å². The zero-order chi connectivity index (χ0) is 13.3. The first-order valence-corrected chi connectivity index (χ1v) is 7.67. The van der Waals surface area contributed by atoms with E-state index in [1.54, 1.807) is 0 Å². The number of carbonyl (C=O) groups is 1. The smallest absolute Gasteiger partial charge is 0.251 e. The molecule has 7 rings (SSSR count). The number of benzene rings is 1. The van der Waals surface area contributed by atoms with E-state index in [1.165, 1.54) is 0 Å². The Morgan fingerprint density at radius 2 is 1.75 bits per heavy atom. The molecule has 6 aliphatic rings. The lowest BCUT2D eigenvalue weighted by atomic mass is 8.92. The Balaban J connectivity index is 1.21. The summed E-state index contributed by atoms with van der Waals surface area (Å²) in [5.41, 5.74) is 1.15. The highest BCUT2D eigenvalue weighted by atomic mass is 19.1. The summed E-state index contributed by atoms with van der Waals surface area (Å²) in [7, 11) is 0. The third-order valence-electron chi connectivity index (χ3n) is 7.81. The predicted octanol–water partition coefficient (Wildman–Crippen LogP) is 2.12. The van der Waals surface area contributed by atoms with E-state index in [9.17, 15) is 9.18 Å². The average Bonchev–Trinajstić information content (AvgIpc) is 2.53. The van der Waals surface area contributed by atoms with Crippen LogP contribution in [0.2, 0.25) is 0 Å². The molecule has 6 saturated carbocycles. The zero-order valence-electron chi connectivity index (χ0n) is 11.1. The normalized spacial score (nSPS) is 57.2. The lowest BCUT2D eigenvalue weighted by molar-refractivity contribution is -0.657. The van der Waals surface area contributed by atoms with E-state index in [0.717, 1.165) is 35.8 Å². The molecule has 1 aromatic carbocycles. The maximum atomic E-state index is 13.4. The maximum Gasteiger partial charge on any atom is 0.251 e. The van der Waals surface area contributed by atoms with Crippen molar-refractivity contribution in [3.05, 3.63) is 35.9 Å². The first-order valence-electron chi connectivity index (χ1n) is 7.67. The van der Waals surface area contributed by atoms with E-state index in [4.69, 9.17) is 0 Å². The summed E-state index contributed by atoms with van der Waals surface area (Å²) >= 11 is 0. The van der Waals surface area contributed by atoms with Gasteiger partial charge in [0.2, 0.25) is 0 Å². The minimum absolute atomic E-state index is 0.0218. The summed E-state index contributed by atoms with van der Waals surface area (Å²) in [4.78, 5) is 12.1. The van der Waals surface area contributed by atoms with Crippen molar-refractivity contribution in [3.8, 4) is 0 Å². The summed E-state index contributed by atoms with van der Waals surface area (Å²) in [5, 5.41) is 3.12. The number of nitrogens with one attached hydrogen (secondary N) is 1. The molecule has 0 saturated heterocycles. The third kappa shape index (κ3) is 0.640. The van der Waals surface area contributed by atoms with Crippen molar-refractivity contribution < 1.29 is 9.18 Å². The number of hydrogen-bond donors (Lipinski definition) is 1. The Morgan fingerprint density at radius 1 is 1.10 bits per heavy atom. The Labute approximate surface area is 116 Å². The Bertz CT molecular complexity index is 636. The lowest BCUT2D eigenvalue weighted by Crippen LogP contribution is -3.11. The van der Waals surface area contributed by atoms with Crippen LogP contribution in [0.1, 0.15) is 10.4 Å². The molecule has 4 unspecified atom stereocenters. The summed E-state index contributed by atoms with van der Waals surface area (Å²) in [5.74, 6) is 4.52. The first kappa shape index (κ1) is 10.4. The molecule has 0 aliphatic heterocycles. The molecule has 0 heterocycles. The van der Waals surface area contributed by atoms with Crippen molar-refractivity contribution in [1.29, 1.82) is 0 Å². The van der Waals surface area contributed by atoms with Crippen molar-refractivity contribution in [1.82, 2.24) is 5.32 Å². The summed E-state index contributed by atoms with van der Waals surface area (Å²) in [6.45, 7) is 0.670. The molecule has 102 valence electrons. The Hall–Kier alpha value is -1.38. The molecule has 20 heavy (non-hydrogen) atoms. The van der Waals surface area contributed by atoms with Crippen LogP contribution in [0.5, 0.6) is 0 Å². The molecule has 0 bridgehead atoms. The fourth-order valence-electron chi connectivity index (χ4n) is 7.67. The van der Waals surface area contributed by atoms with Crippen LogP contribution in [-0.4, -0.2) is 19.1 Å². The SMILES string of the molecule is O=C(NCC12C3C4C5C3C1C5(CF)C42)c1ccccc1. The van der Waals surface area contributed by atoms with E-state index in [1.807, 2.05) is 30.3 Å². The molecule has 4 atom stereocenters. The fourth-order valence-corrected chi connectivity index (χ4v) is 7.67. The zero-order valence-corrected chi connectivity index (χ0v) is 11.1. The van der Waals surface area contributed by atoms with Crippen molar-refractivity contribution in [2.45, 2.75) is 0 Å². The topological polar surface area (TPSA) is 29.1 Å². The minimum Gasteiger partial charge on any atom is -0.351 e. The largest absolute Gasteiger partial charge is 0.351 e. The second-order valence-corrected chi connectivity index (χ2v) is 7.57. The lowest BCUT2D eigenvalue weighted by Gasteiger charge is -3.11. The summed E-state index contributed by atoms with van der Waals surface area (Å²) < 4.78 is 13.4. The molecule has 0 aromatic heterocycles. The summed E-state index contributed by atoms with van der Waals surface area (Å²) in [6, 6.07) is 9.38. The van der Waals surface area contributed by atoms with Crippen LogP contribution in [0, 0.1) is 46.3 Å². The predicted molar refractivity (Wildman–Crippen MR) is 70.6 cm³/mol. The summed E-state index contributed by atoms with van der Waals surface area (Å²) in [6.07, 6.45) is 0. The van der Waals surface area contributed by atoms with E-state index in [0.29, 0.717) is 17.3 Å². The van der Waals surface area contributed by atoms with Crippen molar-refractivity contribution in [3.63, 3.8) is 0 Å². The van der Waals surface area contributed by atoms with E-state index in [2.05, 4.69) is 5.32 Å². The van der Waals surface area contributed by atoms with E-state index in [-0.39, 0.29) is 18.0 Å². The highest BCUT2D eigenvalue weighted by Crippen LogP contribution is 3.10. The number of hydrogen-bond acceptors (Lipinski definition) is 1. The highest BCUT2D eigenvalue weighted by Gasteiger charge is 3.09. The fraction of sp³-hybridized carbons (Fsp3) is 0.588. The minimum atomic E-state index is -0.110. The van der Waals surface area contributed by atoms with Crippen LogP contribution in [0.3, 0.4) is 0 Å². The van der Waals surface area contributed by atoms with Crippen molar-refractivity contribution in [2.75, 3.05) is 13.2 Å². The number of carbonyl (C=O) groups excluding carboxylic acids is 1. The molecule has 6 fully saturated rings. The average molecular weight is 269 g/mol. The van der Waals surface area contributed by atoms with Crippen LogP contribution >= 0.6 is 0 Å². The van der Waals surface area contributed by atoms with Gasteiger partial charge in [-0.1, -0.05) is 18.2 Å². The third-order valence-corrected chi connectivity index (χ3v) is 7.81. The van der Waals surface area contributed by atoms with E-state index >= 15 is 0 Å². The van der Waals surface area contributed by atoms with Gasteiger partial charge in [0.25, 0.3) is 5.91 Å². The molecular formula is C17H16FNO. The van der Waals surface area contributed by atoms with Gasteiger partial charge in [0.05, 0.1) is 6.67 Å². The number of halogens is 1. The van der Waals surface area contributed by atoms with E-state index < -0.39 is 0 Å². The molecule has 3 heteroatoms. The molecule has 6 aliphatic carbocycles. The van der Waals surface area contributed by atoms with Gasteiger partial charge in [0, 0.05) is 17.5 Å².